The van der Waals surface area contributed by atoms with E-state index < -0.39 is 155 Å². The zero-order valence-electron chi connectivity index (χ0n) is 41.5. The highest BCUT2D eigenvalue weighted by Gasteiger charge is 2.69. The molecule has 3 saturated carbocycles. The van der Waals surface area contributed by atoms with Crippen LogP contribution in [0.3, 0.4) is 0 Å². The van der Waals surface area contributed by atoms with Crippen molar-refractivity contribution >= 4 is 0 Å². The average Bonchev–Trinajstić information content (AvgIpc) is 3.82. The maximum absolute atomic E-state index is 11.8. The molecule has 0 aromatic rings. The lowest BCUT2D eigenvalue weighted by Gasteiger charge is -2.58. The van der Waals surface area contributed by atoms with E-state index in [1.165, 1.54) is 5.57 Å². The largest absolute Gasteiger partial charge is 0.394 e. The predicted molar refractivity (Wildman–Crippen MR) is 242 cm³/mol. The van der Waals surface area contributed by atoms with Crippen molar-refractivity contribution in [2.24, 2.45) is 46.3 Å². The molecule has 0 aromatic carbocycles. The second-order valence-corrected chi connectivity index (χ2v) is 23.5. The third-order valence-electron chi connectivity index (χ3n) is 19.4. The minimum Gasteiger partial charge on any atom is -0.394 e. The minimum absolute atomic E-state index is 0.0473. The van der Waals surface area contributed by atoms with Gasteiger partial charge in [0.1, 0.15) is 91.6 Å². The van der Waals surface area contributed by atoms with Gasteiger partial charge in [0.25, 0.3) is 0 Å². The van der Waals surface area contributed by atoms with Gasteiger partial charge in [-0.2, -0.15) is 0 Å². The number of hydrogen-bond donors (Lipinski definition) is 12. The van der Waals surface area contributed by atoms with Crippen molar-refractivity contribution in [3.8, 4) is 0 Å². The zero-order valence-corrected chi connectivity index (χ0v) is 41.5. The van der Waals surface area contributed by atoms with E-state index in [0.29, 0.717) is 48.3 Å². The highest BCUT2D eigenvalue weighted by molar-refractivity contribution is 5.26. The molecular weight excluding hydrogens is 953 g/mol. The van der Waals surface area contributed by atoms with Crippen LogP contribution in [0.5, 0.6) is 0 Å². The van der Waals surface area contributed by atoms with Crippen LogP contribution in [0.15, 0.2) is 11.6 Å². The molecule has 412 valence electrons. The zero-order chi connectivity index (χ0) is 51.3. The molecule has 6 heterocycles. The molecule has 1 spiro atoms. The van der Waals surface area contributed by atoms with Gasteiger partial charge in [0.15, 0.2) is 30.9 Å². The lowest BCUT2D eigenvalue weighted by Crippen LogP contribution is -2.68. The molecule has 0 amide bonds. The first kappa shape index (κ1) is 54.2. The molecule has 4 aliphatic carbocycles. The Hall–Kier alpha value is -1.14. The van der Waals surface area contributed by atoms with E-state index in [0.717, 1.165) is 51.6 Å². The molecule has 6 aliphatic heterocycles. The normalized spacial score (nSPS) is 56.7. The Morgan fingerprint density at radius 1 is 0.597 bits per heavy atom. The summed E-state index contributed by atoms with van der Waals surface area (Å²) in [7, 11) is 0. The van der Waals surface area contributed by atoms with Crippen LogP contribution in [-0.4, -0.2) is 229 Å². The van der Waals surface area contributed by atoms with E-state index in [2.05, 4.69) is 33.8 Å². The summed E-state index contributed by atoms with van der Waals surface area (Å²) in [5.74, 6) is 2.46. The van der Waals surface area contributed by atoms with Crippen molar-refractivity contribution in [1.29, 1.82) is 0 Å². The van der Waals surface area contributed by atoms with Crippen LogP contribution >= 0.6 is 0 Å². The summed E-state index contributed by atoms with van der Waals surface area (Å²) >= 11 is 0. The number of ether oxygens (including phenoxy) is 10. The van der Waals surface area contributed by atoms with Gasteiger partial charge in [0.05, 0.1) is 45.2 Å². The van der Waals surface area contributed by atoms with Gasteiger partial charge in [-0.25, -0.2) is 0 Å². The van der Waals surface area contributed by atoms with Gasteiger partial charge >= 0.3 is 0 Å². The molecule has 22 nitrogen and oxygen atoms in total. The fraction of sp³-hybridized carbons (Fsp3) is 0.960. The summed E-state index contributed by atoms with van der Waals surface area (Å²) in [6.07, 6.45) is -22.3. The van der Waals surface area contributed by atoms with Crippen molar-refractivity contribution in [2.75, 3.05) is 33.0 Å². The Balaban J connectivity index is 0.826. The Bertz CT molecular complexity index is 1890. The molecular formula is C50H80O22. The number of allylic oxidation sites excluding steroid dienone is 1. The number of aliphatic hydroxyl groups is 12. The summed E-state index contributed by atoms with van der Waals surface area (Å²) in [4.78, 5) is 0. The van der Waals surface area contributed by atoms with E-state index in [-0.39, 0.29) is 16.9 Å². The molecule has 0 radical (unpaired) electrons. The average molecular weight is 1030 g/mol. The molecule has 12 N–H and O–H groups in total. The smallest absolute Gasteiger partial charge is 0.187 e. The SMILES string of the molecule is C[C@H]1CC[C@@]2(OC1)O[C@H]1C[C@H]3[C@@H]4CC=C5C[C@@H](O[C@@H]6O[C@H](CO)[C@H](O[C@@H]7O[C@H](CO)[C@@H](O)[C@H](O[C@@H]8OC[C@@H](O)[C@H](O)[C@H]8O)[C@H]7O[C@@H]7O[C@H](CO)[C@@H](O)[C@H](O)[C@H]7O)[C@H](O)[C@H]6O)CC[C@]5(C)[C@@H]4CC[C@]3(C)[C@H]1[C@@H]2C. The molecule has 0 unspecified atom stereocenters. The fourth-order valence-electron chi connectivity index (χ4n) is 15.3. The standard InChI is InChI=1S/C50H80O22/c1-20-7-12-50(64-18-20)21(2)32-28(72-50)14-26-24-6-5-22-13-23(8-10-48(22,3)25(24)9-11-49(26,32)4)65-45-40(62)37(59)41(31(17-53)68-45)69-47-43(71-46-39(61)36(58)34(56)29(15-51)66-46)42(35(57)30(16-52)67-47)70-44-38(60)33(55)27(54)19-63-44/h5,20-21,23-47,51-62H,6-19H2,1-4H3/t20-,21-,23-,24+,25+,26-,27+,28-,29+,30+,31+,32-,33-,34+,35+,36-,37+,38+,39+,40+,41-,42-,43+,44-,45+,46-,47-,48-,49-,50+/m0/s1. The van der Waals surface area contributed by atoms with Crippen LogP contribution in [0, 0.1) is 46.3 Å². The van der Waals surface area contributed by atoms with E-state index in [1.54, 1.807) is 0 Å². The van der Waals surface area contributed by atoms with Gasteiger partial charge in [0.2, 0.25) is 0 Å². The van der Waals surface area contributed by atoms with Gasteiger partial charge in [-0.1, -0.05) is 39.3 Å². The number of rotatable bonds is 11. The Morgan fingerprint density at radius 3 is 1.94 bits per heavy atom. The third kappa shape index (κ3) is 9.18. The first-order valence-corrected chi connectivity index (χ1v) is 26.4. The summed E-state index contributed by atoms with van der Waals surface area (Å²) in [6, 6.07) is 0. The lowest BCUT2D eigenvalue weighted by molar-refractivity contribution is -0.403. The maximum Gasteiger partial charge on any atom is 0.187 e. The lowest BCUT2D eigenvalue weighted by atomic mass is 9.47. The topological polar surface area (TPSA) is 335 Å². The van der Waals surface area contributed by atoms with E-state index in [1.807, 2.05) is 0 Å². The summed E-state index contributed by atoms with van der Waals surface area (Å²) in [5, 5.41) is 129. The highest BCUT2D eigenvalue weighted by atomic mass is 16.8. The second kappa shape index (κ2) is 20.9. The first-order valence-electron chi connectivity index (χ1n) is 26.4. The van der Waals surface area contributed by atoms with Gasteiger partial charge < -0.3 is 109 Å². The predicted octanol–water partition coefficient (Wildman–Crippen LogP) is -2.35. The van der Waals surface area contributed by atoms with Crippen molar-refractivity contribution in [3.63, 3.8) is 0 Å². The van der Waals surface area contributed by atoms with Crippen LogP contribution in [0.4, 0.5) is 0 Å². The van der Waals surface area contributed by atoms with Crippen molar-refractivity contribution in [3.05, 3.63) is 11.6 Å². The van der Waals surface area contributed by atoms with Gasteiger partial charge in [-0.15, -0.1) is 0 Å². The summed E-state index contributed by atoms with van der Waals surface area (Å²) in [5.41, 5.74) is 1.44. The third-order valence-corrected chi connectivity index (χ3v) is 19.4. The van der Waals surface area contributed by atoms with Crippen LogP contribution in [-0.2, 0) is 47.4 Å². The fourth-order valence-corrected chi connectivity index (χ4v) is 15.3. The molecule has 72 heavy (non-hydrogen) atoms. The molecule has 10 rings (SSSR count). The van der Waals surface area contributed by atoms with Crippen LogP contribution in [0.2, 0.25) is 0 Å². The molecule has 0 bridgehead atoms. The number of aliphatic hydroxyl groups excluding tert-OH is 12. The van der Waals surface area contributed by atoms with Gasteiger partial charge in [-0.05, 0) is 91.8 Å². The van der Waals surface area contributed by atoms with E-state index in [4.69, 9.17) is 47.4 Å². The minimum atomic E-state index is -2.00. The van der Waals surface area contributed by atoms with Crippen LogP contribution < -0.4 is 0 Å². The van der Waals surface area contributed by atoms with E-state index >= 15 is 0 Å². The monoisotopic (exact) mass is 1030 g/mol. The maximum atomic E-state index is 11.8. The molecule has 0 aromatic heterocycles. The first-order chi connectivity index (χ1) is 34.3. The van der Waals surface area contributed by atoms with Crippen LogP contribution in [0.25, 0.3) is 0 Å². The molecule has 22 heteroatoms. The molecule has 10 aliphatic rings. The van der Waals surface area contributed by atoms with Crippen molar-refractivity contribution in [1.82, 2.24) is 0 Å². The molecule has 30 atom stereocenters. The number of fused-ring (bicyclic) bond motifs is 7. The van der Waals surface area contributed by atoms with Crippen LogP contribution in [0.1, 0.15) is 85.5 Å². The Kier molecular flexibility index (Phi) is 15.7. The quantitative estimate of drug-likeness (QED) is 0.0964. The Morgan fingerprint density at radius 2 is 1.24 bits per heavy atom. The highest BCUT2D eigenvalue weighted by Crippen LogP contribution is 2.70. The second-order valence-electron chi connectivity index (χ2n) is 23.5. The van der Waals surface area contributed by atoms with Crippen molar-refractivity contribution < 1.29 is 109 Å². The molecule has 6 saturated heterocycles. The van der Waals surface area contributed by atoms with Gasteiger partial charge in [-0.3, -0.25) is 0 Å². The molecule has 9 fully saturated rings. The summed E-state index contributed by atoms with van der Waals surface area (Å²) < 4.78 is 61.3. The summed E-state index contributed by atoms with van der Waals surface area (Å²) in [6.45, 7) is 7.28. The van der Waals surface area contributed by atoms with E-state index in [9.17, 15) is 61.3 Å². The Labute approximate surface area is 419 Å². The van der Waals surface area contributed by atoms with Crippen molar-refractivity contribution in [2.45, 2.75) is 220 Å². The van der Waals surface area contributed by atoms with Gasteiger partial charge in [0, 0.05) is 12.3 Å². The number of hydrogen-bond acceptors (Lipinski definition) is 22.